The van der Waals surface area contributed by atoms with Gasteiger partial charge in [-0.2, -0.15) is 0 Å². The molecule has 1 rings (SSSR count). The van der Waals surface area contributed by atoms with E-state index in [1.54, 1.807) is 38.1 Å². The molecule has 20 heavy (non-hydrogen) atoms. The molecule has 0 N–H and O–H groups in total. The van der Waals surface area contributed by atoms with Crippen molar-refractivity contribution < 1.29 is 28.5 Å². The van der Waals surface area contributed by atoms with Crippen LogP contribution in [-0.4, -0.2) is 24.5 Å². The fraction of sp³-hybridized carbons (Fsp3) is 0.429. The van der Waals surface area contributed by atoms with Crippen molar-refractivity contribution in [3.8, 4) is 11.5 Å². The molecular formula is C14H18O6. The molecule has 6 heteroatoms. The van der Waals surface area contributed by atoms with E-state index in [-0.39, 0.29) is 0 Å². The van der Waals surface area contributed by atoms with Crippen molar-refractivity contribution in [3.63, 3.8) is 0 Å². The quantitative estimate of drug-likeness (QED) is 0.588. The Kier molecular flexibility index (Phi) is 5.83. The second-order valence-electron chi connectivity index (χ2n) is 4.06. The zero-order valence-corrected chi connectivity index (χ0v) is 11.9. The molecule has 2 unspecified atom stereocenters. The highest BCUT2D eigenvalue weighted by Gasteiger charge is 2.10. The van der Waals surface area contributed by atoms with Crippen LogP contribution < -0.4 is 9.47 Å². The van der Waals surface area contributed by atoms with Crippen LogP contribution in [0.25, 0.3) is 0 Å². The van der Waals surface area contributed by atoms with Gasteiger partial charge in [0.05, 0.1) is 0 Å². The molecule has 0 spiro atoms. The summed E-state index contributed by atoms with van der Waals surface area (Å²) in [5.74, 6) is 0.110. The van der Waals surface area contributed by atoms with Gasteiger partial charge in [0.25, 0.3) is 0 Å². The molecule has 2 atom stereocenters. The van der Waals surface area contributed by atoms with Gasteiger partial charge in [0.2, 0.25) is 12.6 Å². The van der Waals surface area contributed by atoms with Crippen molar-refractivity contribution in [2.75, 3.05) is 0 Å². The molecule has 0 aromatic heterocycles. The van der Waals surface area contributed by atoms with Gasteiger partial charge in [-0.3, -0.25) is 9.59 Å². The Hall–Kier alpha value is -2.24. The van der Waals surface area contributed by atoms with Gasteiger partial charge in [0, 0.05) is 33.8 Å². The lowest BCUT2D eigenvalue weighted by atomic mass is 10.3. The van der Waals surface area contributed by atoms with Crippen molar-refractivity contribution in [2.24, 2.45) is 0 Å². The second-order valence-corrected chi connectivity index (χ2v) is 4.06. The maximum absolute atomic E-state index is 10.8. The first-order valence-corrected chi connectivity index (χ1v) is 6.14. The lowest BCUT2D eigenvalue weighted by molar-refractivity contribution is -0.159. The number of benzene rings is 1. The van der Waals surface area contributed by atoms with Gasteiger partial charge in [-0.05, 0) is 12.1 Å². The number of esters is 2. The molecule has 6 nitrogen and oxygen atoms in total. The van der Waals surface area contributed by atoms with E-state index in [1.165, 1.54) is 13.8 Å². The van der Waals surface area contributed by atoms with E-state index in [4.69, 9.17) is 18.9 Å². The van der Waals surface area contributed by atoms with Crippen LogP contribution in [0.5, 0.6) is 11.5 Å². The van der Waals surface area contributed by atoms with E-state index in [0.29, 0.717) is 11.5 Å². The first kappa shape index (κ1) is 15.8. The van der Waals surface area contributed by atoms with E-state index in [9.17, 15) is 9.59 Å². The zero-order valence-electron chi connectivity index (χ0n) is 11.9. The lowest BCUT2D eigenvalue weighted by Crippen LogP contribution is -2.20. The van der Waals surface area contributed by atoms with Crippen LogP contribution in [0.15, 0.2) is 24.3 Å². The Balaban J connectivity index is 2.61. The van der Waals surface area contributed by atoms with Crippen molar-refractivity contribution in [2.45, 2.75) is 40.3 Å². The van der Waals surface area contributed by atoms with Crippen molar-refractivity contribution in [1.29, 1.82) is 0 Å². The number of hydrogen-bond acceptors (Lipinski definition) is 6. The maximum atomic E-state index is 10.8. The fourth-order valence-corrected chi connectivity index (χ4v) is 1.52. The van der Waals surface area contributed by atoms with Gasteiger partial charge < -0.3 is 18.9 Å². The second kappa shape index (κ2) is 7.37. The number of carbonyl (C=O) groups excluding carboxylic acids is 2. The smallest absolute Gasteiger partial charge is 0.305 e. The minimum atomic E-state index is -0.700. The van der Waals surface area contributed by atoms with Crippen LogP contribution in [0, 0.1) is 0 Å². The average Bonchev–Trinajstić information content (AvgIpc) is 2.26. The summed E-state index contributed by atoms with van der Waals surface area (Å²) >= 11 is 0. The number of hydrogen-bond donors (Lipinski definition) is 0. The molecule has 110 valence electrons. The predicted octanol–water partition coefficient (Wildman–Crippen LogP) is 2.26. The van der Waals surface area contributed by atoms with Crippen molar-refractivity contribution >= 4 is 11.9 Å². The molecule has 0 amide bonds. The van der Waals surface area contributed by atoms with Gasteiger partial charge >= 0.3 is 11.9 Å². The molecule has 0 saturated carbocycles. The molecule has 1 aromatic rings. The van der Waals surface area contributed by atoms with E-state index >= 15 is 0 Å². The molecule has 0 aliphatic heterocycles. The lowest BCUT2D eigenvalue weighted by Gasteiger charge is -2.17. The number of ether oxygens (including phenoxy) is 4. The highest BCUT2D eigenvalue weighted by Crippen LogP contribution is 2.21. The molecule has 0 radical (unpaired) electrons. The Morgan fingerprint density at radius 1 is 0.900 bits per heavy atom. The van der Waals surface area contributed by atoms with Gasteiger partial charge in [-0.15, -0.1) is 0 Å². The maximum Gasteiger partial charge on any atom is 0.305 e. The van der Waals surface area contributed by atoms with Crippen LogP contribution in [0.1, 0.15) is 27.7 Å². The minimum absolute atomic E-state index is 0.423. The monoisotopic (exact) mass is 282 g/mol. The Bertz CT molecular complexity index is 431. The van der Waals surface area contributed by atoms with E-state index in [2.05, 4.69) is 0 Å². The van der Waals surface area contributed by atoms with Crippen LogP contribution in [0.3, 0.4) is 0 Å². The van der Waals surface area contributed by atoms with Crippen LogP contribution in [0.2, 0.25) is 0 Å². The predicted molar refractivity (Wildman–Crippen MR) is 70.2 cm³/mol. The molecule has 0 aliphatic carbocycles. The number of carbonyl (C=O) groups is 2. The highest BCUT2D eigenvalue weighted by molar-refractivity contribution is 5.66. The molecule has 0 aliphatic rings. The zero-order chi connectivity index (χ0) is 15.1. The summed E-state index contributed by atoms with van der Waals surface area (Å²) in [6.07, 6.45) is -1.40. The summed E-state index contributed by atoms with van der Waals surface area (Å²) < 4.78 is 20.5. The highest BCUT2D eigenvalue weighted by atomic mass is 16.7. The van der Waals surface area contributed by atoms with Gasteiger partial charge in [-0.1, -0.05) is 6.07 Å². The molecule has 0 fully saturated rings. The van der Waals surface area contributed by atoms with Crippen molar-refractivity contribution in [3.05, 3.63) is 24.3 Å². The SMILES string of the molecule is CC(=O)OC(C)Oc1cccc(OC(C)OC(C)=O)c1. The summed E-state index contributed by atoms with van der Waals surface area (Å²) in [6, 6.07) is 6.72. The van der Waals surface area contributed by atoms with Crippen molar-refractivity contribution in [1.82, 2.24) is 0 Å². The van der Waals surface area contributed by atoms with E-state index in [1.807, 2.05) is 0 Å². The van der Waals surface area contributed by atoms with Gasteiger partial charge in [0.15, 0.2) is 0 Å². The Morgan fingerprint density at radius 2 is 1.30 bits per heavy atom. The summed E-state index contributed by atoms with van der Waals surface area (Å²) in [5.41, 5.74) is 0. The molecular weight excluding hydrogens is 264 g/mol. The molecule has 0 bridgehead atoms. The topological polar surface area (TPSA) is 71.1 Å². The summed E-state index contributed by atoms with van der Waals surface area (Å²) in [4.78, 5) is 21.6. The fourth-order valence-electron chi connectivity index (χ4n) is 1.52. The van der Waals surface area contributed by atoms with E-state index < -0.39 is 24.5 Å². The van der Waals surface area contributed by atoms with Crippen LogP contribution >= 0.6 is 0 Å². The normalized spacial score (nSPS) is 13.0. The Morgan fingerprint density at radius 3 is 1.65 bits per heavy atom. The van der Waals surface area contributed by atoms with Crippen LogP contribution in [0.4, 0.5) is 0 Å². The molecule has 0 saturated heterocycles. The third-order valence-corrected chi connectivity index (χ3v) is 2.07. The number of rotatable bonds is 6. The summed E-state index contributed by atoms with van der Waals surface area (Å²) in [7, 11) is 0. The van der Waals surface area contributed by atoms with Crippen LogP contribution in [-0.2, 0) is 19.1 Å². The first-order chi connectivity index (χ1) is 9.36. The molecule has 1 aromatic carbocycles. The Labute approximate surface area is 117 Å². The average molecular weight is 282 g/mol. The third-order valence-electron chi connectivity index (χ3n) is 2.07. The van der Waals surface area contributed by atoms with Gasteiger partial charge in [-0.25, -0.2) is 0 Å². The minimum Gasteiger partial charge on any atom is -0.455 e. The third kappa shape index (κ3) is 6.08. The first-order valence-electron chi connectivity index (χ1n) is 6.14. The molecule has 0 heterocycles. The van der Waals surface area contributed by atoms with Gasteiger partial charge in [0.1, 0.15) is 11.5 Å². The summed E-state index contributed by atoms with van der Waals surface area (Å²) in [6.45, 7) is 5.83. The largest absolute Gasteiger partial charge is 0.455 e. The standard InChI is InChI=1S/C14H18O6/c1-9(15)17-11(3)19-13-6-5-7-14(8-13)20-12(4)18-10(2)16/h5-8,11-12H,1-4H3. The summed E-state index contributed by atoms with van der Waals surface area (Å²) in [5, 5.41) is 0. The van der Waals surface area contributed by atoms with E-state index in [0.717, 1.165) is 0 Å².